The van der Waals surface area contributed by atoms with Gasteiger partial charge in [0.05, 0.1) is 11.1 Å². The molecule has 0 unspecified atom stereocenters. The number of benzene rings is 1. The van der Waals surface area contributed by atoms with Crippen LogP contribution in [0.1, 0.15) is 59.2 Å². The maximum atomic E-state index is 10.5. The Morgan fingerprint density at radius 2 is 1.00 bits per heavy atom. The standard InChI is InChI=1S/C8H6O4.C8H18O2/c9-7(10)5-3-1-2-4-6(5)8(11)12;9-7-5-3-1-2-4-6-8-10/h1-4H,(H,9,10)(H,11,12);9-10H,1-8H2. The van der Waals surface area contributed by atoms with E-state index in [0.717, 1.165) is 25.7 Å². The molecular weight excluding hydrogens is 288 g/mol. The molecule has 124 valence electrons. The van der Waals surface area contributed by atoms with Gasteiger partial charge >= 0.3 is 11.9 Å². The third kappa shape index (κ3) is 9.10. The molecule has 1 aromatic rings. The Kier molecular flexibility index (Phi) is 11.7. The molecule has 0 aliphatic carbocycles. The summed E-state index contributed by atoms with van der Waals surface area (Å²) < 4.78 is 0. The lowest BCUT2D eigenvalue weighted by Crippen LogP contribution is -2.06. The first-order chi connectivity index (χ1) is 10.5. The fourth-order valence-electron chi connectivity index (χ4n) is 1.79. The van der Waals surface area contributed by atoms with Crippen molar-refractivity contribution in [3.05, 3.63) is 35.4 Å². The van der Waals surface area contributed by atoms with Gasteiger partial charge in [0.25, 0.3) is 0 Å². The number of hydrogen-bond acceptors (Lipinski definition) is 4. The van der Waals surface area contributed by atoms with Gasteiger partial charge in [0, 0.05) is 13.2 Å². The van der Waals surface area contributed by atoms with Gasteiger partial charge in [-0.25, -0.2) is 9.59 Å². The van der Waals surface area contributed by atoms with E-state index in [0.29, 0.717) is 13.2 Å². The van der Waals surface area contributed by atoms with E-state index in [1.165, 1.54) is 37.1 Å². The lowest BCUT2D eigenvalue weighted by Gasteiger charge is -1.98. The molecule has 6 nitrogen and oxygen atoms in total. The molecule has 0 aromatic heterocycles. The number of aliphatic hydroxyl groups is 2. The van der Waals surface area contributed by atoms with E-state index in [1.807, 2.05) is 0 Å². The van der Waals surface area contributed by atoms with Gasteiger partial charge in [-0.1, -0.05) is 37.8 Å². The van der Waals surface area contributed by atoms with Crippen LogP contribution in [0.15, 0.2) is 24.3 Å². The van der Waals surface area contributed by atoms with Crippen molar-refractivity contribution in [2.45, 2.75) is 38.5 Å². The Bertz CT molecular complexity index is 403. The van der Waals surface area contributed by atoms with Crippen molar-refractivity contribution < 1.29 is 30.0 Å². The molecule has 0 radical (unpaired) electrons. The predicted octanol–water partition coefficient (Wildman–Crippen LogP) is 2.39. The Hall–Kier alpha value is -1.92. The lowest BCUT2D eigenvalue weighted by molar-refractivity contribution is 0.0651. The fraction of sp³-hybridized carbons (Fsp3) is 0.500. The summed E-state index contributed by atoms with van der Waals surface area (Å²) in [5.41, 5.74) is -0.380. The van der Waals surface area contributed by atoms with Crippen LogP contribution in [0.4, 0.5) is 0 Å². The highest BCUT2D eigenvalue weighted by Crippen LogP contribution is 2.07. The quantitative estimate of drug-likeness (QED) is 0.520. The number of unbranched alkanes of at least 4 members (excludes halogenated alkanes) is 5. The van der Waals surface area contributed by atoms with Crippen LogP contribution in [0, 0.1) is 0 Å². The van der Waals surface area contributed by atoms with Crippen LogP contribution in [0.25, 0.3) is 0 Å². The highest BCUT2D eigenvalue weighted by Gasteiger charge is 2.13. The average molecular weight is 312 g/mol. The minimum absolute atomic E-state index is 0.190. The van der Waals surface area contributed by atoms with Gasteiger partial charge in [-0.2, -0.15) is 0 Å². The molecule has 6 heteroatoms. The molecule has 0 aliphatic heterocycles. The van der Waals surface area contributed by atoms with Crippen molar-refractivity contribution in [1.29, 1.82) is 0 Å². The molecule has 0 spiro atoms. The molecule has 0 saturated heterocycles. The molecule has 0 bridgehead atoms. The first-order valence-electron chi connectivity index (χ1n) is 7.32. The lowest BCUT2D eigenvalue weighted by atomic mass is 10.1. The number of carboxylic acids is 2. The summed E-state index contributed by atoms with van der Waals surface area (Å²) in [7, 11) is 0. The monoisotopic (exact) mass is 312 g/mol. The summed E-state index contributed by atoms with van der Waals surface area (Å²) in [5.74, 6) is -2.46. The van der Waals surface area contributed by atoms with Crippen LogP contribution in [0.3, 0.4) is 0 Å². The second kappa shape index (κ2) is 12.8. The number of carboxylic acid groups (broad SMARTS) is 2. The van der Waals surface area contributed by atoms with Gasteiger partial charge in [-0.3, -0.25) is 0 Å². The molecule has 0 saturated carbocycles. The fourth-order valence-corrected chi connectivity index (χ4v) is 1.79. The van der Waals surface area contributed by atoms with Crippen LogP contribution in [0.5, 0.6) is 0 Å². The molecule has 0 atom stereocenters. The van der Waals surface area contributed by atoms with Crippen molar-refractivity contribution in [2.75, 3.05) is 13.2 Å². The summed E-state index contributed by atoms with van der Waals surface area (Å²) in [4.78, 5) is 20.9. The van der Waals surface area contributed by atoms with Crippen molar-refractivity contribution >= 4 is 11.9 Å². The molecule has 4 N–H and O–H groups in total. The predicted molar refractivity (Wildman–Crippen MR) is 82.2 cm³/mol. The summed E-state index contributed by atoms with van der Waals surface area (Å²) in [6, 6.07) is 5.48. The van der Waals surface area contributed by atoms with Crippen LogP contribution in [-0.2, 0) is 0 Å². The highest BCUT2D eigenvalue weighted by molar-refractivity contribution is 6.01. The maximum Gasteiger partial charge on any atom is 0.336 e. The van der Waals surface area contributed by atoms with Crippen molar-refractivity contribution in [3.63, 3.8) is 0 Å². The highest BCUT2D eigenvalue weighted by atomic mass is 16.4. The second-order valence-electron chi connectivity index (χ2n) is 4.72. The minimum Gasteiger partial charge on any atom is -0.478 e. The molecule has 0 aliphatic rings. The third-order valence-electron chi connectivity index (χ3n) is 2.95. The topological polar surface area (TPSA) is 115 Å². The maximum absolute atomic E-state index is 10.5. The number of hydrogen-bond donors (Lipinski definition) is 4. The van der Waals surface area contributed by atoms with Crippen LogP contribution < -0.4 is 0 Å². The molecule has 0 amide bonds. The summed E-state index contributed by atoms with van der Waals surface area (Å²) in [6.07, 6.45) is 6.50. The van der Waals surface area contributed by atoms with Crippen molar-refractivity contribution in [3.8, 4) is 0 Å². The van der Waals surface area contributed by atoms with Gasteiger partial charge < -0.3 is 20.4 Å². The van der Waals surface area contributed by atoms with E-state index in [9.17, 15) is 9.59 Å². The normalized spacial score (nSPS) is 9.73. The van der Waals surface area contributed by atoms with Crippen molar-refractivity contribution in [1.82, 2.24) is 0 Å². The van der Waals surface area contributed by atoms with Crippen LogP contribution >= 0.6 is 0 Å². The number of rotatable bonds is 9. The van der Waals surface area contributed by atoms with Crippen LogP contribution in [-0.4, -0.2) is 45.6 Å². The first-order valence-corrected chi connectivity index (χ1v) is 7.32. The minimum atomic E-state index is -1.23. The van der Waals surface area contributed by atoms with E-state index in [-0.39, 0.29) is 11.1 Å². The molecule has 1 rings (SSSR count). The molecule has 0 fully saturated rings. The molecule has 1 aromatic carbocycles. The number of aromatic carboxylic acids is 2. The van der Waals surface area contributed by atoms with Gasteiger partial charge in [0.1, 0.15) is 0 Å². The van der Waals surface area contributed by atoms with Gasteiger partial charge in [0.15, 0.2) is 0 Å². The Labute approximate surface area is 130 Å². The summed E-state index contributed by atoms with van der Waals surface area (Å²) in [6.45, 7) is 0.639. The van der Waals surface area contributed by atoms with E-state index in [2.05, 4.69) is 0 Å². The summed E-state index contributed by atoms with van der Waals surface area (Å²) in [5, 5.41) is 34.0. The Balaban J connectivity index is 0.000000409. The van der Waals surface area contributed by atoms with Gasteiger partial charge in [-0.15, -0.1) is 0 Å². The average Bonchev–Trinajstić information content (AvgIpc) is 2.51. The third-order valence-corrected chi connectivity index (χ3v) is 2.95. The van der Waals surface area contributed by atoms with Crippen molar-refractivity contribution in [2.24, 2.45) is 0 Å². The van der Waals surface area contributed by atoms with E-state index in [4.69, 9.17) is 20.4 Å². The zero-order valence-corrected chi connectivity index (χ0v) is 12.6. The van der Waals surface area contributed by atoms with E-state index >= 15 is 0 Å². The molecule has 0 heterocycles. The molecular formula is C16H24O6. The molecule has 22 heavy (non-hydrogen) atoms. The van der Waals surface area contributed by atoms with E-state index < -0.39 is 11.9 Å². The van der Waals surface area contributed by atoms with Gasteiger partial charge in [0.2, 0.25) is 0 Å². The second-order valence-corrected chi connectivity index (χ2v) is 4.72. The summed E-state index contributed by atoms with van der Waals surface area (Å²) >= 11 is 0. The smallest absolute Gasteiger partial charge is 0.336 e. The number of aliphatic hydroxyl groups excluding tert-OH is 2. The first kappa shape index (κ1) is 20.1. The van der Waals surface area contributed by atoms with E-state index in [1.54, 1.807) is 0 Å². The zero-order valence-electron chi connectivity index (χ0n) is 12.6. The van der Waals surface area contributed by atoms with Gasteiger partial charge in [-0.05, 0) is 25.0 Å². The largest absolute Gasteiger partial charge is 0.478 e. The number of carbonyl (C=O) groups is 2. The SMILES string of the molecule is O=C(O)c1ccccc1C(=O)O.OCCCCCCCCO. The zero-order chi connectivity index (χ0) is 16.8. The Morgan fingerprint density at radius 1 is 0.682 bits per heavy atom. The van der Waals surface area contributed by atoms with Crippen LogP contribution in [0.2, 0.25) is 0 Å². The Morgan fingerprint density at radius 3 is 1.27 bits per heavy atom.